The van der Waals surface area contributed by atoms with Crippen molar-refractivity contribution in [1.82, 2.24) is 0 Å². The molecule has 1 N–H and O–H groups in total. The molecule has 136 valence electrons. The Bertz CT molecular complexity index is 473. The van der Waals surface area contributed by atoms with Crippen molar-refractivity contribution in [2.24, 2.45) is 0 Å². The molecule has 2 nitrogen and oxygen atoms in total. The van der Waals surface area contributed by atoms with Crippen molar-refractivity contribution in [2.75, 3.05) is 5.32 Å². The maximum Gasteiger partial charge on any atom is 0.224 e. The Morgan fingerprint density at radius 1 is 0.917 bits per heavy atom. The van der Waals surface area contributed by atoms with E-state index in [2.05, 4.69) is 12.2 Å². The molecule has 0 saturated heterocycles. The highest BCUT2D eigenvalue weighted by Gasteiger charge is 2.04. The molecule has 0 spiro atoms. The predicted octanol–water partition coefficient (Wildman–Crippen LogP) is 7.29. The molecule has 0 radical (unpaired) electrons. The van der Waals surface area contributed by atoms with E-state index in [1.165, 1.54) is 57.8 Å². The second kappa shape index (κ2) is 13.3. The third-order valence-electron chi connectivity index (χ3n) is 4.46. The lowest BCUT2D eigenvalue weighted by atomic mass is 10.1. The summed E-state index contributed by atoms with van der Waals surface area (Å²) in [6.07, 6.45) is 14.9. The van der Waals surface area contributed by atoms with Gasteiger partial charge in [0.15, 0.2) is 0 Å². The summed E-state index contributed by atoms with van der Waals surface area (Å²) in [5, 5.41) is 3.62. The molecule has 0 aliphatic heterocycles. The zero-order chi connectivity index (χ0) is 17.6. The van der Waals surface area contributed by atoms with Gasteiger partial charge in [-0.15, -0.1) is 0 Å². The number of rotatable bonds is 13. The highest BCUT2D eigenvalue weighted by atomic mass is 35.5. The van der Waals surface area contributed by atoms with Gasteiger partial charge in [-0.2, -0.15) is 0 Å². The Kier molecular flexibility index (Phi) is 11.6. The van der Waals surface area contributed by atoms with Gasteiger partial charge < -0.3 is 5.32 Å². The van der Waals surface area contributed by atoms with Crippen LogP contribution in [0.5, 0.6) is 0 Å². The summed E-state index contributed by atoms with van der Waals surface area (Å²) in [4.78, 5) is 11.9. The highest BCUT2D eigenvalue weighted by molar-refractivity contribution is 6.31. The first-order valence-corrected chi connectivity index (χ1v) is 10.1. The van der Waals surface area contributed by atoms with Gasteiger partial charge in [-0.3, -0.25) is 4.79 Å². The SMILES string of the molecule is CCCCCCCCCCCCCC(=O)Nc1ccc(C)c(Cl)c1. The fourth-order valence-electron chi connectivity index (χ4n) is 2.84. The first kappa shape index (κ1) is 21.0. The summed E-state index contributed by atoms with van der Waals surface area (Å²) in [6, 6.07) is 5.65. The summed E-state index contributed by atoms with van der Waals surface area (Å²) < 4.78 is 0. The number of nitrogens with one attached hydrogen (secondary N) is 1. The van der Waals surface area contributed by atoms with Gasteiger partial charge in [-0.25, -0.2) is 0 Å². The Labute approximate surface area is 153 Å². The van der Waals surface area contributed by atoms with Crippen molar-refractivity contribution < 1.29 is 4.79 Å². The molecule has 0 aliphatic carbocycles. The highest BCUT2D eigenvalue weighted by Crippen LogP contribution is 2.20. The zero-order valence-electron chi connectivity index (χ0n) is 15.5. The van der Waals surface area contributed by atoms with Gasteiger partial charge >= 0.3 is 0 Å². The monoisotopic (exact) mass is 351 g/mol. The molecule has 1 amide bonds. The van der Waals surface area contributed by atoms with Crippen LogP contribution in [0.1, 0.15) is 89.5 Å². The molecule has 0 aliphatic rings. The Morgan fingerprint density at radius 2 is 1.46 bits per heavy atom. The van der Waals surface area contributed by atoms with Gasteiger partial charge in [0.2, 0.25) is 5.91 Å². The average molecular weight is 352 g/mol. The van der Waals surface area contributed by atoms with Crippen LogP contribution in [0.25, 0.3) is 0 Å². The summed E-state index contributed by atoms with van der Waals surface area (Å²) >= 11 is 6.07. The van der Waals surface area contributed by atoms with E-state index in [1.54, 1.807) is 0 Å². The maximum absolute atomic E-state index is 11.9. The summed E-state index contributed by atoms with van der Waals surface area (Å²) in [6.45, 7) is 4.22. The molecule has 0 atom stereocenters. The minimum atomic E-state index is 0.0887. The van der Waals surface area contributed by atoms with Crippen LogP contribution in [0.3, 0.4) is 0 Å². The molecule has 0 heterocycles. The number of unbranched alkanes of at least 4 members (excludes halogenated alkanes) is 10. The largest absolute Gasteiger partial charge is 0.326 e. The number of halogens is 1. The number of hydrogen-bond donors (Lipinski definition) is 1. The molecule has 1 rings (SSSR count). The van der Waals surface area contributed by atoms with Gasteiger partial charge in [0.05, 0.1) is 0 Å². The lowest BCUT2D eigenvalue weighted by Gasteiger charge is -2.07. The second-order valence-corrected chi connectivity index (χ2v) is 7.20. The van der Waals surface area contributed by atoms with Gasteiger partial charge in [-0.05, 0) is 31.0 Å². The third-order valence-corrected chi connectivity index (χ3v) is 4.87. The van der Waals surface area contributed by atoms with Crippen LogP contribution in [-0.4, -0.2) is 5.91 Å². The number of amides is 1. The maximum atomic E-state index is 11.9. The lowest BCUT2D eigenvalue weighted by Crippen LogP contribution is -2.11. The fourth-order valence-corrected chi connectivity index (χ4v) is 3.02. The topological polar surface area (TPSA) is 29.1 Å². The van der Waals surface area contributed by atoms with Crippen LogP contribution in [0.4, 0.5) is 5.69 Å². The number of carbonyl (C=O) groups is 1. The first-order valence-electron chi connectivity index (χ1n) is 9.69. The number of benzene rings is 1. The number of anilines is 1. The van der Waals surface area contributed by atoms with E-state index in [0.717, 1.165) is 24.1 Å². The normalized spacial score (nSPS) is 10.8. The summed E-state index contributed by atoms with van der Waals surface area (Å²) in [5.41, 5.74) is 1.82. The summed E-state index contributed by atoms with van der Waals surface area (Å²) in [7, 11) is 0. The van der Waals surface area contributed by atoms with E-state index in [9.17, 15) is 4.79 Å². The van der Waals surface area contributed by atoms with Crippen molar-refractivity contribution >= 4 is 23.2 Å². The van der Waals surface area contributed by atoms with E-state index in [-0.39, 0.29) is 5.91 Å². The molecular formula is C21H34ClNO. The van der Waals surface area contributed by atoms with Crippen LogP contribution in [0.2, 0.25) is 5.02 Å². The van der Waals surface area contributed by atoms with Crippen molar-refractivity contribution in [3.8, 4) is 0 Å². The van der Waals surface area contributed by atoms with Crippen LogP contribution >= 0.6 is 11.6 Å². The van der Waals surface area contributed by atoms with Crippen LogP contribution < -0.4 is 5.32 Å². The van der Waals surface area contributed by atoms with Crippen molar-refractivity contribution in [3.05, 3.63) is 28.8 Å². The van der Waals surface area contributed by atoms with E-state index in [0.29, 0.717) is 11.4 Å². The Morgan fingerprint density at radius 3 is 2.00 bits per heavy atom. The van der Waals surface area contributed by atoms with Gasteiger partial charge in [0.25, 0.3) is 0 Å². The van der Waals surface area contributed by atoms with E-state index < -0.39 is 0 Å². The van der Waals surface area contributed by atoms with Crippen molar-refractivity contribution in [2.45, 2.75) is 90.9 Å². The zero-order valence-corrected chi connectivity index (χ0v) is 16.3. The molecular weight excluding hydrogens is 318 g/mol. The third kappa shape index (κ3) is 9.97. The molecule has 0 bridgehead atoms. The van der Waals surface area contributed by atoms with Crippen molar-refractivity contribution in [3.63, 3.8) is 0 Å². The number of hydrogen-bond acceptors (Lipinski definition) is 1. The van der Waals surface area contributed by atoms with Gasteiger partial charge in [0, 0.05) is 17.1 Å². The van der Waals surface area contributed by atoms with Crippen molar-refractivity contribution in [1.29, 1.82) is 0 Å². The second-order valence-electron chi connectivity index (χ2n) is 6.80. The first-order chi connectivity index (χ1) is 11.6. The Balaban J connectivity index is 1.97. The molecule has 0 unspecified atom stereocenters. The molecule has 1 aromatic rings. The Hall–Kier alpha value is -1.02. The fraction of sp³-hybridized carbons (Fsp3) is 0.667. The number of aryl methyl sites for hydroxylation is 1. The predicted molar refractivity (Wildman–Crippen MR) is 106 cm³/mol. The van der Waals surface area contributed by atoms with Gasteiger partial charge in [-0.1, -0.05) is 88.8 Å². The molecule has 24 heavy (non-hydrogen) atoms. The van der Waals surface area contributed by atoms with Gasteiger partial charge in [0.1, 0.15) is 0 Å². The molecule has 0 saturated carbocycles. The molecule has 3 heteroatoms. The molecule has 0 aromatic heterocycles. The molecule has 0 fully saturated rings. The average Bonchev–Trinajstić information content (AvgIpc) is 2.56. The van der Waals surface area contributed by atoms with E-state index in [4.69, 9.17) is 11.6 Å². The standard InChI is InChI=1S/C21H34ClNO/c1-3-4-5-6-7-8-9-10-11-12-13-14-21(24)23-19-16-15-18(2)20(22)17-19/h15-17H,3-14H2,1-2H3,(H,23,24). The summed E-state index contributed by atoms with van der Waals surface area (Å²) in [5.74, 6) is 0.0887. The number of carbonyl (C=O) groups excluding carboxylic acids is 1. The minimum absolute atomic E-state index is 0.0887. The van der Waals surface area contributed by atoms with Crippen LogP contribution in [-0.2, 0) is 4.79 Å². The van der Waals surface area contributed by atoms with E-state index in [1.807, 2.05) is 25.1 Å². The minimum Gasteiger partial charge on any atom is -0.326 e. The van der Waals surface area contributed by atoms with E-state index >= 15 is 0 Å². The lowest BCUT2D eigenvalue weighted by molar-refractivity contribution is -0.116. The quantitative estimate of drug-likeness (QED) is 0.371. The van der Waals surface area contributed by atoms with Crippen LogP contribution in [0, 0.1) is 6.92 Å². The smallest absolute Gasteiger partial charge is 0.224 e. The van der Waals surface area contributed by atoms with Crippen LogP contribution in [0.15, 0.2) is 18.2 Å². The molecule has 1 aromatic carbocycles.